The molecule has 0 saturated carbocycles. The van der Waals surface area contributed by atoms with Gasteiger partial charge in [-0.15, -0.1) is 11.3 Å². The molecule has 0 radical (unpaired) electrons. The number of nitrogens with one attached hydrogen (secondary N) is 1. The first-order valence-electron chi connectivity index (χ1n) is 7.09. The Morgan fingerprint density at radius 3 is 2.04 bits per heavy atom. The lowest BCUT2D eigenvalue weighted by molar-refractivity contribution is -0.143. The van der Waals surface area contributed by atoms with E-state index >= 15 is 0 Å². The third-order valence-corrected chi connectivity index (χ3v) is 4.52. The van der Waals surface area contributed by atoms with E-state index in [9.17, 15) is 31.1 Å². The van der Waals surface area contributed by atoms with Crippen LogP contribution in [-0.4, -0.2) is 5.91 Å². The summed E-state index contributed by atoms with van der Waals surface area (Å²) in [6.07, 6.45) is -9.55. The topological polar surface area (TPSA) is 52.9 Å². The SMILES string of the molecule is CCc1cc(C#N)c(NC(=O)c2cc(C(F)(F)F)cc(C(F)(F)F)c2)s1. The minimum atomic E-state index is -5.05. The minimum Gasteiger partial charge on any atom is -0.312 e. The molecule has 138 valence electrons. The van der Waals surface area contributed by atoms with Gasteiger partial charge in [0.15, 0.2) is 0 Å². The summed E-state index contributed by atoms with van der Waals surface area (Å²) in [4.78, 5) is 12.9. The van der Waals surface area contributed by atoms with Crippen molar-refractivity contribution in [2.45, 2.75) is 25.7 Å². The molecule has 0 unspecified atom stereocenters. The number of benzene rings is 1. The van der Waals surface area contributed by atoms with Crippen LogP contribution in [0.4, 0.5) is 31.3 Å². The third-order valence-electron chi connectivity index (χ3n) is 3.33. The largest absolute Gasteiger partial charge is 0.416 e. The minimum absolute atomic E-state index is 0.0577. The molecule has 3 nitrogen and oxygen atoms in total. The molecule has 0 aliphatic heterocycles. The Kier molecular flexibility index (Phi) is 5.32. The summed E-state index contributed by atoms with van der Waals surface area (Å²) in [6.45, 7) is 1.79. The first kappa shape index (κ1) is 19.8. The van der Waals surface area contributed by atoms with Crippen LogP contribution in [0.5, 0.6) is 0 Å². The second-order valence-corrected chi connectivity index (χ2v) is 6.31. The summed E-state index contributed by atoms with van der Waals surface area (Å²) in [5.74, 6) is -1.16. The Labute approximate surface area is 147 Å². The second-order valence-electron chi connectivity index (χ2n) is 5.17. The Morgan fingerprint density at radius 1 is 1.08 bits per heavy atom. The monoisotopic (exact) mass is 392 g/mol. The van der Waals surface area contributed by atoms with Crippen LogP contribution in [0, 0.1) is 11.3 Å². The van der Waals surface area contributed by atoms with Gasteiger partial charge in [0.1, 0.15) is 11.1 Å². The highest BCUT2D eigenvalue weighted by Gasteiger charge is 2.37. The molecular weight excluding hydrogens is 382 g/mol. The van der Waals surface area contributed by atoms with Crippen molar-refractivity contribution < 1.29 is 31.1 Å². The van der Waals surface area contributed by atoms with Gasteiger partial charge in [-0.25, -0.2) is 0 Å². The van der Waals surface area contributed by atoms with Gasteiger partial charge in [0, 0.05) is 10.4 Å². The number of carbonyl (C=O) groups excluding carboxylic acids is 1. The van der Waals surface area contributed by atoms with Crippen molar-refractivity contribution in [3.05, 3.63) is 51.4 Å². The Hall–Kier alpha value is -2.54. The number of halogens is 6. The van der Waals surface area contributed by atoms with Crippen LogP contribution >= 0.6 is 11.3 Å². The Balaban J connectivity index is 2.46. The van der Waals surface area contributed by atoms with Crippen LogP contribution in [0.1, 0.15) is 38.8 Å². The van der Waals surface area contributed by atoms with Gasteiger partial charge in [-0.1, -0.05) is 6.92 Å². The van der Waals surface area contributed by atoms with Gasteiger partial charge in [-0.05, 0) is 30.7 Å². The molecule has 10 heteroatoms. The highest BCUT2D eigenvalue weighted by molar-refractivity contribution is 7.16. The highest BCUT2D eigenvalue weighted by atomic mass is 32.1. The van der Waals surface area contributed by atoms with E-state index in [2.05, 4.69) is 5.32 Å². The van der Waals surface area contributed by atoms with Crippen LogP contribution in [0.2, 0.25) is 0 Å². The molecule has 26 heavy (non-hydrogen) atoms. The van der Waals surface area contributed by atoms with Crippen molar-refractivity contribution in [1.29, 1.82) is 5.26 Å². The van der Waals surface area contributed by atoms with E-state index < -0.39 is 35.0 Å². The number of hydrogen-bond acceptors (Lipinski definition) is 3. The number of anilines is 1. The molecule has 0 fully saturated rings. The van der Waals surface area contributed by atoms with Crippen molar-refractivity contribution in [2.75, 3.05) is 5.32 Å². The van der Waals surface area contributed by atoms with Crippen molar-refractivity contribution >= 4 is 22.2 Å². The molecule has 1 N–H and O–H groups in total. The van der Waals surface area contributed by atoms with Gasteiger partial charge >= 0.3 is 12.4 Å². The normalized spacial score (nSPS) is 11.9. The molecule has 2 rings (SSSR count). The van der Waals surface area contributed by atoms with Crippen molar-refractivity contribution in [2.24, 2.45) is 0 Å². The van der Waals surface area contributed by atoms with Crippen LogP contribution < -0.4 is 5.32 Å². The summed E-state index contributed by atoms with van der Waals surface area (Å²) >= 11 is 1.03. The van der Waals surface area contributed by atoms with E-state index in [0.29, 0.717) is 18.6 Å². The third kappa shape index (κ3) is 4.35. The maximum atomic E-state index is 12.9. The number of alkyl halides is 6. The molecule has 1 aromatic heterocycles. The zero-order valence-electron chi connectivity index (χ0n) is 13.0. The predicted molar refractivity (Wildman–Crippen MR) is 82.8 cm³/mol. The molecule has 0 saturated heterocycles. The Bertz CT molecular complexity index is 844. The fourth-order valence-corrected chi connectivity index (χ4v) is 3.00. The molecule has 2 aromatic rings. The number of amides is 1. The quantitative estimate of drug-likeness (QED) is 0.704. The van der Waals surface area contributed by atoms with E-state index in [-0.39, 0.29) is 16.6 Å². The number of hydrogen-bond donors (Lipinski definition) is 1. The lowest BCUT2D eigenvalue weighted by Crippen LogP contribution is -2.17. The van der Waals surface area contributed by atoms with E-state index in [1.165, 1.54) is 6.07 Å². The molecule has 0 spiro atoms. The van der Waals surface area contributed by atoms with Crippen LogP contribution in [0.25, 0.3) is 0 Å². The number of thiophene rings is 1. The van der Waals surface area contributed by atoms with Gasteiger partial charge in [0.05, 0.1) is 16.7 Å². The van der Waals surface area contributed by atoms with Gasteiger partial charge in [0.25, 0.3) is 5.91 Å². The summed E-state index contributed by atoms with van der Waals surface area (Å²) in [7, 11) is 0. The number of carbonyl (C=O) groups is 1. The zero-order valence-corrected chi connectivity index (χ0v) is 13.9. The number of nitrogens with zero attached hydrogens (tertiary/aromatic N) is 1. The first-order chi connectivity index (χ1) is 12.0. The maximum Gasteiger partial charge on any atom is 0.416 e. The van der Waals surface area contributed by atoms with Gasteiger partial charge < -0.3 is 5.32 Å². The fourth-order valence-electron chi connectivity index (χ4n) is 2.05. The molecule has 0 aliphatic carbocycles. The van der Waals surface area contributed by atoms with E-state index in [0.717, 1.165) is 16.2 Å². The average molecular weight is 392 g/mol. The molecule has 1 amide bonds. The molecular formula is C16H10F6N2OS. The van der Waals surface area contributed by atoms with Crippen LogP contribution in [0.15, 0.2) is 24.3 Å². The van der Waals surface area contributed by atoms with Crippen molar-refractivity contribution in [1.82, 2.24) is 0 Å². The van der Waals surface area contributed by atoms with Gasteiger partial charge in [-0.3, -0.25) is 4.79 Å². The number of rotatable bonds is 3. The highest BCUT2D eigenvalue weighted by Crippen LogP contribution is 2.37. The van der Waals surface area contributed by atoms with Gasteiger partial charge in [0.2, 0.25) is 0 Å². The fraction of sp³-hybridized carbons (Fsp3) is 0.250. The summed E-state index contributed by atoms with van der Waals surface area (Å²) in [5.41, 5.74) is -3.89. The van der Waals surface area contributed by atoms with Crippen LogP contribution in [0.3, 0.4) is 0 Å². The lowest BCUT2D eigenvalue weighted by Gasteiger charge is -2.14. The molecule has 0 bridgehead atoms. The number of aryl methyl sites for hydroxylation is 1. The summed E-state index contributed by atoms with van der Waals surface area (Å²) in [5, 5.41) is 11.3. The molecule has 0 atom stereocenters. The lowest BCUT2D eigenvalue weighted by atomic mass is 10.0. The Morgan fingerprint density at radius 2 is 1.62 bits per heavy atom. The van der Waals surface area contributed by atoms with Crippen molar-refractivity contribution in [3.8, 4) is 6.07 Å². The van der Waals surface area contributed by atoms with E-state index in [4.69, 9.17) is 5.26 Å². The smallest absolute Gasteiger partial charge is 0.312 e. The van der Waals surface area contributed by atoms with Gasteiger partial charge in [-0.2, -0.15) is 31.6 Å². The average Bonchev–Trinajstić information content (AvgIpc) is 2.94. The second kappa shape index (κ2) is 6.99. The molecule has 1 aromatic carbocycles. The summed E-state index contributed by atoms with van der Waals surface area (Å²) < 4.78 is 77.1. The predicted octanol–water partition coefficient (Wildman–Crippen LogP) is 5.47. The van der Waals surface area contributed by atoms with E-state index in [1.807, 2.05) is 6.07 Å². The molecule has 0 aliphatic rings. The van der Waals surface area contributed by atoms with E-state index in [1.54, 1.807) is 6.92 Å². The number of nitriles is 1. The van der Waals surface area contributed by atoms with Crippen molar-refractivity contribution in [3.63, 3.8) is 0 Å². The summed E-state index contributed by atoms with van der Waals surface area (Å²) in [6, 6.07) is 3.93. The maximum absolute atomic E-state index is 12.9. The molecule has 1 heterocycles. The first-order valence-corrected chi connectivity index (χ1v) is 7.91. The standard InChI is InChI=1S/C16H10F6N2OS/c1-2-12-5-9(7-23)14(26-12)24-13(25)8-3-10(15(17,18)19)6-11(4-8)16(20,21)22/h3-6H,2H2,1H3,(H,24,25). The van der Waals surface area contributed by atoms with Crippen LogP contribution in [-0.2, 0) is 18.8 Å². The zero-order chi connectivity index (χ0) is 19.7.